The number of aromatic nitrogens is 3. The van der Waals surface area contributed by atoms with Crippen molar-refractivity contribution >= 4 is 51.4 Å². The number of benzene rings is 2. The third kappa shape index (κ3) is 5.61. The van der Waals surface area contributed by atoms with E-state index in [-0.39, 0.29) is 28.9 Å². The largest absolute Gasteiger partial charge is 0.381 e. The van der Waals surface area contributed by atoms with Gasteiger partial charge in [0.05, 0.1) is 23.0 Å². The van der Waals surface area contributed by atoms with Crippen molar-refractivity contribution in [3.63, 3.8) is 0 Å². The summed E-state index contributed by atoms with van der Waals surface area (Å²) in [5.41, 5.74) is 3.06. The van der Waals surface area contributed by atoms with Crippen LogP contribution in [0.3, 0.4) is 0 Å². The van der Waals surface area contributed by atoms with Crippen LogP contribution in [0.2, 0.25) is 0 Å². The van der Waals surface area contributed by atoms with Crippen molar-refractivity contribution in [1.82, 2.24) is 20.2 Å². The summed E-state index contributed by atoms with van der Waals surface area (Å²) in [6.45, 7) is 2.54. The summed E-state index contributed by atoms with van der Waals surface area (Å²) in [5.74, 6) is -2.49. The molecule has 1 fully saturated rings. The van der Waals surface area contributed by atoms with Gasteiger partial charge in [-0.3, -0.25) is 19.9 Å². The summed E-state index contributed by atoms with van der Waals surface area (Å²) >= 11 is 0. The molecule has 6 rings (SSSR count). The number of halogens is 2. The fraction of sp³-hybridized carbons (Fsp3) is 0.258. The van der Waals surface area contributed by atoms with Crippen molar-refractivity contribution in [2.45, 2.75) is 50.8 Å². The number of carbonyl (C=O) groups excluding carboxylic acids is 3. The van der Waals surface area contributed by atoms with Crippen LogP contribution in [-0.4, -0.2) is 44.0 Å². The first-order chi connectivity index (χ1) is 21.3. The highest BCUT2D eigenvalue weighted by Crippen LogP contribution is 2.37. The SMILES string of the molecule is CCn1ncc2c(NC3CCC(=O)CC3)c(C3=CC(C(=O)Nc4ccc(F)cc4)(C(=O)Nc4ccc(F)cc4)ON3)cnc21. The van der Waals surface area contributed by atoms with Crippen LogP contribution in [0.1, 0.15) is 38.2 Å². The van der Waals surface area contributed by atoms with Gasteiger partial charge in [-0.25, -0.2) is 23.3 Å². The van der Waals surface area contributed by atoms with Gasteiger partial charge in [-0.05, 0) is 74.4 Å². The summed E-state index contributed by atoms with van der Waals surface area (Å²) in [6, 6.07) is 10.1. The van der Waals surface area contributed by atoms with Gasteiger partial charge in [0.15, 0.2) is 5.65 Å². The fourth-order valence-electron chi connectivity index (χ4n) is 5.28. The molecule has 2 aromatic heterocycles. The Morgan fingerprint density at radius 1 is 0.977 bits per heavy atom. The molecule has 2 aliphatic rings. The molecule has 226 valence electrons. The third-order valence-electron chi connectivity index (χ3n) is 7.70. The number of amides is 2. The highest BCUT2D eigenvalue weighted by molar-refractivity contribution is 6.20. The first kappa shape index (κ1) is 28.9. The molecule has 11 nitrogen and oxygen atoms in total. The molecule has 0 saturated heterocycles. The van der Waals surface area contributed by atoms with Gasteiger partial charge < -0.3 is 16.0 Å². The van der Waals surface area contributed by atoms with E-state index in [4.69, 9.17) is 4.84 Å². The van der Waals surface area contributed by atoms with E-state index in [1.54, 1.807) is 17.1 Å². The van der Waals surface area contributed by atoms with Crippen LogP contribution in [0, 0.1) is 11.6 Å². The van der Waals surface area contributed by atoms with E-state index in [1.165, 1.54) is 54.6 Å². The Hall–Kier alpha value is -5.17. The molecule has 0 atom stereocenters. The molecule has 0 spiro atoms. The van der Waals surface area contributed by atoms with Crippen LogP contribution < -0.4 is 21.4 Å². The van der Waals surface area contributed by atoms with Crippen molar-refractivity contribution in [2.75, 3.05) is 16.0 Å². The van der Waals surface area contributed by atoms with Crippen molar-refractivity contribution in [3.05, 3.63) is 84.2 Å². The van der Waals surface area contributed by atoms with Gasteiger partial charge in [-0.2, -0.15) is 5.10 Å². The average Bonchev–Trinajstić information content (AvgIpc) is 3.67. The Bertz CT molecular complexity index is 1700. The number of aryl methyl sites for hydroxylation is 1. The van der Waals surface area contributed by atoms with Crippen molar-refractivity contribution in [1.29, 1.82) is 0 Å². The lowest BCUT2D eigenvalue weighted by molar-refractivity contribution is -0.150. The van der Waals surface area contributed by atoms with E-state index in [2.05, 4.69) is 31.5 Å². The molecule has 2 aromatic carbocycles. The van der Waals surface area contributed by atoms with Crippen molar-refractivity contribution in [3.8, 4) is 0 Å². The molecule has 0 bridgehead atoms. The van der Waals surface area contributed by atoms with Gasteiger partial charge in [-0.1, -0.05) is 0 Å². The number of hydrogen-bond acceptors (Lipinski definition) is 8. The van der Waals surface area contributed by atoms with Gasteiger partial charge in [0.25, 0.3) is 17.4 Å². The van der Waals surface area contributed by atoms with E-state index in [9.17, 15) is 23.2 Å². The monoisotopic (exact) mass is 601 g/mol. The molecule has 3 heterocycles. The number of Topliss-reactive ketones (excluding diaryl/α,β-unsaturated/α-hetero) is 1. The van der Waals surface area contributed by atoms with Gasteiger partial charge in [0.1, 0.15) is 17.4 Å². The van der Waals surface area contributed by atoms with Crippen LogP contribution in [0.5, 0.6) is 0 Å². The quantitative estimate of drug-likeness (QED) is 0.216. The number of ketones is 1. The lowest BCUT2D eigenvalue weighted by Gasteiger charge is -2.25. The van der Waals surface area contributed by atoms with Crippen LogP contribution in [-0.2, 0) is 25.8 Å². The number of hydrogen-bond donors (Lipinski definition) is 4. The molecular formula is C31H29F2N7O4. The van der Waals surface area contributed by atoms with Gasteiger partial charge in [0.2, 0.25) is 0 Å². The summed E-state index contributed by atoms with van der Waals surface area (Å²) < 4.78 is 28.8. The van der Waals surface area contributed by atoms with E-state index in [0.717, 1.165) is 0 Å². The number of carbonyl (C=O) groups is 3. The summed E-state index contributed by atoms with van der Waals surface area (Å²) in [7, 11) is 0. The maximum Gasteiger partial charge on any atom is 0.273 e. The predicted octanol–water partition coefficient (Wildman–Crippen LogP) is 4.54. The van der Waals surface area contributed by atoms with Crippen LogP contribution >= 0.6 is 0 Å². The average molecular weight is 602 g/mol. The molecular weight excluding hydrogens is 572 g/mol. The lowest BCUT2D eigenvalue weighted by Crippen LogP contribution is -2.52. The van der Waals surface area contributed by atoms with Crippen molar-refractivity contribution in [2.24, 2.45) is 0 Å². The standard InChI is InChI=1S/C31H29F2N7O4/c1-2-40-28-25(17-35-40)27(36-20-11-13-23(41)14-12-20)24(16-34-28)26-15-31(44-39-26,29(42)37-21-7-3-18(32)4-8-21)30(43)38-22-9-5-19(33)6-10-22/h3-10,15-17,20,39H,2,11-14H2,1H3,(H,34,36)(H,37,42)(H,38,43). The zero-order chi connectivity index (χ0) is 30.8. The Labute approximate surface area is 250 Å². The summed E-state index contributed by atoms with van der Waals surface area (Å²) in [5, 5.41) is 13.9. The number of nitrogens with zero attached hydrogens (tertiary/aromatic N) is 3. The Morgan fingerprint density at radius 3 is 2.14 bits per heavy atom. The smallest absolute Gasteiger partial charge is 0.273 e. The van der Waals surface area contributed by atoms with Crippen LogP contribution in [0.25, 0.3) is 16.7 Å². The zero-order valence-electron chi connectivity index (χ0n) is 23.7. The van der Waals surface area contributed by atoms with Crippen LogP contribution in [0.4, 0.5) is 25.8 Å². The van der Waals surface area contributed by atoms with E-state index in [1.807, 2.05) is 6.92 Å². The van der Waals surface area contributed by atoms with Gasteiger partial charge >= 0.3 is 0 Å². The zero-order valence-corrected chi connectivity index (χ0v) is 23.7. The Morgan fingerprint density at radius 2 is 1.57 bits per heavy atom. The predicted molar refractivity (Wildman–Crippen MR) is 159 cm³/mol. The lowest BCUT2D eigenvalue weighted by atomic mass is 9.93. The normalized spacial score (nSPS) is 16.3. The molecule has 1 aliphatic heterocycles. The molecule has 0 radical (unpaired) electrons. The van der Waals surface area contributed by atoms with E-state index >= 15 is 0 Å². The molecule has 44 heavy (non-hydrogen) atoms. The number of rotatable bonds is 8. The molecule has 4 aromatic rings. The van der Waals surface area contributed by atoms with E-state index in [0.29, 0.717) is 54.5 Å². The maximum atomic E-state index is 13.8. The summed E-state index contributed by atoms with van der Waals surface area (Å²) in [6.07, 6.45) is 6.87. The third-order valence-corrected chi connectivity index (χ3v) is 7.70. The minimum absolute atomic E-state index is 0.00162. The Kier molecular flexibility index (Phi) is 7.78. The van der Waals surface area contributed by atoms with E-state index < -0.39 is 29.0 Å². The molecule has 2 amide bonds. The van der Waals surface area contributed by atoms with Gasteiger partial charge in [0, 0.05) is 48.6 Å². The van der Waals surface area contributed by atoms with Gasteiger partial charge in [-0.15, -0.1) is 0 Å². The number of pyridine rings is 1. The fourth-order valence-corrected chi connectivity index (χ4v) is 5.28. The second kappa shape index (κ2) is 11.8. The molecule has 1 aliphatic carbocycles. The maximum absolute atomic E-state index is 13.8. The molecule has 13 heteroatoms. The number of anilines is 3. The number of hydroxylamine groups is 1. The first-order valence-electron chi connectivity index (χ1n) is 14.2. The molecule has 1 saturated carbocycles. The number of fused-ring (bicyclic) bond motifs is 1. The minimum Gasteiger partial charge on any atom is -0.381 e. The second-order valence-corrected chi connectivity index (χ2v) is 10.6. The highest BCUT2D eigenvalue weighted by Gasteiger charge is 2.51. The van der Waals surface area contributed by atoms with Crippen molar-refractivity contribution < 1.29 is 28.0 Å². The molecule has 4 N–H and O–H groups in total. The summed E-state index contributed by atoms with van der Waals surface area (Å²) in [4.78, 5) is 49.8. The van der Waals surface area contributed by atoms with Crippen LogP contribution in [0.15, 0.2) is 67.0 Å². The second-order valence-electron chi connectivity index (χ2n) is 10.6. The first-order valence-corrected chi connectivity index (χ1v) is 14.2. The minimum atomic E-state index is -2.24. The Balaban J connectivity index is 1.41. The molecule has 0 unspecified atom stereocenters. The number of nitrogens with one attached hydrogen (secondary N) is 4. The topological polar surface area (TPSA) is 139 Å². The highest BCUT2D eigenvalue weighted by atomic mass is 19.1.